The van der Waals surface area contributed by atoms with E-state index in [-0.39, 0.29) is 0 Å². The molecule has 0 spiro atoms. The fraction of sp³-hybridized carbons (Fsp3) is 0.625. The highest BCUT2D eigenvalue weighted by Gasteiger charge is 2.23. The van der Waals surface area contributed by atoms with Gasteiger partial charge < -0.3 is 5.32 Å². The molecule has 1 aromatic rings. The minimum Gasteiger partial charge on any atom is -0.314 e. The maximum Gasteiger partial charge on any atom is 0.0408 e. The summed E-state index contributed by atoms with van der Waals surface area (Å²) in [6.07, 6.45) is 3.54. The van der Waals surface area contributed by atoms with E-state index in [1.807, 2.05) is 12.1 Å². The van der Waals surface area contributed by atoms with Gasteiger partial charge in [0, 0.05) is 17.6 Å². The molecule has 1 aromatic carbocycles. The largest absolute Gasteiger partial charge is 0.314 e. The first-order chi connectivity index (χ1) is 8.45. The fourth-order valence-electron chi connectivity index (χ4n) is 2.43. The smallest absolute Gasteiger partial charge is 0.0408 e. The van der Waals surface area contributed by atoms with Crippen LogP contribution < -0.4 is 5.32 Å². The Morgan fingerprint density at radius 2 is 2.06 bits per heavy atom. The van der Waals surface area contributed by atoms with Crippen molar-refractivity contribution < 1.29 is 0 Å². The summed E-state index contributed by atoms with van der Waals surface area (Å²) in [6, 6.07) is 8.79. The van der Waals surface area contributed by atoms with Crippen LogP contribution in [0, 0.1) is 5.41 Å². The lowest BCUT2D eigenvalue weighted by molar-refractivity contribution is 0.267. The van der Waals surface area contributed by atoms with Crippen LogP contribution in [0.25, 0.3) is 0 Å². The quantitative estimate of drug-likeness (QED) is 0.756. The minimum atomic E-state index is 0.309. The molecule has 1 unspecified atom stereocenters. The summed E-state index contributed by atoms with van der Waals surface area (Å²) in [5.41, 5.74) is 1.65. The molecule has 1 N–H and O–H groups in total. The lowest BCUT2D eigenvalue weighted by Crippen LogP contribution is -2.37. The van der Waals surface area contributed by atoms with Gasteiger partial charge >= 0.3 is 0 Å². The molecule has 102 valence electrons. The predicted molar refractivity (Wildman–Crippen MR) is 81.3 cm³/mol. The monoisotopic (exact) mass is 267 g/mol. The van der Waals surface area contributed by atoms with Gasteiger partial charge in [-0.25, -0.2) is 0 Å². The van der Waals surface area contributed by atoms with Gasteiger partial charge in [0.1, 0.15) is 0 Å². The van der Waals surface area contributed by atoms with Gasteiger partial charge in [-0.2, -0.15) is 0 Å². The molecule has 0 saturated heterocycles. The Morgan fingerprint density at radius 1 is 1.33 bits per heavy atom. The van der Waals surface area contributed by atoms with Crippen molar-refractivity contribution in [3.8, 4) is 0 Å². The molecular formula is C16H26ClN. The number of hydrogen-bond acceptors (Lipinski definition) is 1. The molecular weight excluding hydrogens is 242 g/mol. The van der Waals surface area contributed by atoms with Crippen LogP contribution in [0.5, 0.6) is 0 Å². The number of halogens is 1. The van der Waals surface area contributed by atoms with Crippen molar-refractivity contribution in [3.05, 3.63) is 34.9 Å². The van der Waals surface area contributed by atoms with Gasteiger partial charge in [0.05, 0.1) is 0 Å². The van der Waals surface area contributed by atoms with Crippen LogP contribution in [-0.2, 0) is 6.42 Å². The maximum atomic E-state index is 6.06. The lowest BCUT2D eigenvalue weighted by atomic mass is 9.79. The highest BCUT2D eigenvalue weighted by molar-refractivity contribution is 6.30. The molecule has 0 bridgehead atoms. The second kappa shape index (κ2) is 7.16. The zero-order valence-electron chi connectivity index (χ0n) is 12.1. The van der Waals surface area contributed by atoms with E-state index < -0.39 is 0 Å². The molecule has 0 aliphatic rings. The Morgan fingerprint density at radius 3 is 2.61 bits per heavy atom. The molecule has 0 amide bonds. The topological polar surface area (TPSA) is 12.0 Å². The zero-order valence-corrected chi connectivity index (χ0v) is 12.8. The first kappa shape index (κ1) is 15.5. The summed E-state index contributed by atoms with van der Waals surface area (Å²) in [4.78, 5) is 0. The van der Waals surface area contributed by atoms with Crippen LogP contribution in [0.2, 0.25) is 5.02 Å². The summed E-state index contributed by atoms with van der Waals surface area (Å²) in [5, 5.41) is 4.41. The highest BCUT2D eigenvalue weighted by Crippen LogP contribution is 2.28. The van der Waals surface area contributed by atoms with Gasteiger partial charge in [0.2, 0.25) is 0 Å². The highest BCUT2D eigenvalue weighted by atomic mass is 35.5. The van der Waals surface area contributed by atoms with Gasteiger partial charge in [-0.3, -0.25) is 0 Å². The van der Waals surface area contributed by atoms with Crippen LogP contribution >= 0.6 is 11.6 Å². The van der Waals surface area contributed by atoms with E-state index in [2.05, 4.69) is 45.1 Å². The van der Waals surface area contributed by atoms with Gasteiger partial charge in [-0.1, -0.05) is 57.8 Å². The van der Waals surface area contributed by atoms with E-state index in [4.69, 9.17) is 11.6 Å². The maximum absolute atomic E-state index is 6.06. The Hall–Kier alpha value is -0.530. The Kier molecular flexibility index (Phi) is 6.17. The second-order valence-corrected chi connectivity index (χ2v) is 6.34. The summed E-state index contributed by atoms with van der Waals surface area (Å²) in [6.45, 7) is 10.1. The lowest BCUT2D eigenvalue weighted by Gasteiger charge is -2.31. The molecule has 2 heteroatoms. The van der Waals surface area contributed by atoms with Crippen LogP contribution in [0.4, 0.5) is 0 Å². The number of nitrogens with one attached hydrogen (secondary N) is 1. The average molecular weight is 268 g/mol. The molecule has 1 rings (SSSR count). The Labute approximate surface area is 117 Å². The average Bonchev–Trinajstić information content (AvgIpc) is 2.27. The van der Waals surface area contributed by atoms with Crippen molar-refractivity contribution >= 4 is 11.6 Å². The fourth-order valence-corrected chi connectivity index (χ4v) is 2.65. The van der Waals surface area contributed by atoms with Gasteiger partial charge in [0.25, 0.3) is 0 Å². The van der Waals surface area contributed by atoms with Gasteiger partial charge in [0.15, 0.2) is 0 Å². The molecule has 0 saturated carbocycles. The third kappa shape index (κ3) is 5.41. The first-order valence-electron chi connectivity index (χ1n) is 6.93. The van der Waals surface area contributed by atoms with E-state index in [0.29, 0.717) is 11.5 Å². The van der Waals surface area contributed by atoms with Crippen LogP contribution in [0.1, 0.15) is 46.1 Å². The number of hydrogen-bond donors (Lipinski definition) is 1. The zero-order chi connectivity index (χ0) is 13.6. The third-order valence-electron chi connectivity index (χ3n) is 3.31. The van der Waals surface area contributed by atoms with Gasteiger partial charge in [-0.15, -0.1) is 0 Å². The second-order valence-electron chi connectivity index (χ2n) is 5.90. The van der Waals surface area contributed by atoms with Crippen LogP contribution in [-0.4, -0.2) is 12.6 Å². The Bertz CT molecular complexity index is 362. The van der Waals surface area contributed by atoms with Crippen molar-refractivity contribution in [1.29, 1.82) is 0 Å². The van der Waals surface area contributed by atoms with E-state index in [1.54, 1.807) is 0 Å². The van der Waals surface area contributed by atoms with Crippen molar-refractivity contribution in [2.75, 3.05) is 6.54 Å². The molecule has 0 aliphatic carbocycles. The number of benzene rings is 1. The predicted octanol–water partition coefficient (Wildman–Crippen LogP) is 4.69. The molecule has 0 heterocycles. The van der Waals surface area contributed by atoms with Crippen molar-refractivity contribution in [1.82, 2.24) is 5.32 Å². The van der Waals surface area contributed by atoms with Crippen LogP contribution in [0.3, 0.4) is 0 Å². The van der Waals surface area contributed by atoms with Crippen molar-refractivity contribution in [3.63, 3.8) is 0 Å². The van der Waals surface area contributed by atoms with Crippen molar-refractivity contribution in [2.45, 2.75) is 53.0 Å². The standard InChI is InChI=1S/C16H26ClN/c1-5-9-16(4,12-18-13(2)3)11-14-7-6-8-15(17)10-14/h6-8,10,13,18H,5,9,11-12H2,1-4H3. The normalized spacial score (nSPS) is 14.8. The van der Waals surface area contributed by atoms with E-state index >= 15 is 0 Å². The van der Waals surface area contributed by atoms with E-state index in [0.717, 1.165) is 18.0 Å². The summed E-state index contributed by atoms with van der Waals surface area (Å²) >= 11 is 6.06. The summed E-state index contributed by atoms with van der Waals surface area (Å²) < 4.78 is 0. The molecule has 1 nitrogen and oxygen atoms in total. The minimum absolute atomic E-state index is 0.309. The van der Waals surface area contributed by atoms with Crippen LogP contribution in [0.15, 0.2) is 24.3 Å². The molecule has 0 aliphatic heterocycles. The first-order valence-corrected chi connectivity index (χ1v) is 7.31. The molecule has 0 radical (unpaired) electrons. The summed E-state index contributed by atoms with van der Waals surface area (Å²) in [7, 11) is 0. The molecule has 0 aromatic heterocycles. The van der Waals surface area contributed by atoms with Gasteiger partial charge in [-0.05, 0) is 36.0 Å². The Balaban J connectivity index is 2.71. The third-order valence-corrected chi connectivity index (χ3v) is 3.55. The van der Waals surface area contributed by atoms with E-state index in [1.165, 1.54) is 18.4 Å². The van der Waals surface area contributed by atoms with Crippen molar-refractivity contribution in [2.24, 2.45) is 5.41 Å². The number of rotatable bonds is 7. The van der Waals surface area contributed by atoms with E-state index in [9.17, 15) is 0 Å². The molecule has 1 atom stereocenters. The molecule has 0 fully saturated rings. The summed E-state index contributed by atoms with van der Waals surface area (Å²) in [5.74, 6) is 0. The SMILES string of the molecule is CCCC(C)(CNC(C)C)Cc1cccc(Cl)c1. The molecule has 18 heavy (non-hydrogen) atoms.